The maximum atomic E-state index is 15.6. The molecule has 0 spiro atoms. The molecular weight excluding hydrogens is 582 g/mol. The summed E-state index contributed by atoms with van der Waals surface area (Å²) in [6.45, 7) is 1.06. The van der Waals surface area contributed by atoms with Crippen LogP contribution >= 0.6 is 23.2 Å². The smallest absolute Gasteiger partial charge is 0.374 e. The molecular formula is C19H11Cl2F5N2O6S2. The lowest BCUT2D eigenvalue weighted by atomic mass is 10.1. The number of benzene rings is 1. The van der Waals surface area contributed by atoms with E-state index in [1.54, 1.807) is 0 Å². The number of sulfone groups is 1. The van der Waals surface area contributed by atoms with Crippen molar-refractivity contribution in [2.45, 2.75) is 17.3 Å². The van der Waals surface area contributed by atoms with E-state index in [-0.39, 0.29) is 5.69 Å². The van der Waals surface area contributed by atoms with E-state index < -0.39 is 80.3 Å². The number of hydrogen-bond acceptors (Lipinski definition) is 7. The third kappa shape index (κ3) is 4.92. The number of pyridine rings is 2. The van der Waals surface area contributed by atoms with Crippen molar-refractivity contribution in [3.05, 3.63) is 68.2 Å². The van der Waals surface area contributed by atoms with Gasteiger partial charge in [-0.2, -0.15) is 21.6 Å². The lowest BCUT2D eigenvalue weighted by molar-refractivity contribution is -0.0500. The fourth-order valence-corrected chi connectivity index (χ4v) is 4.68. The van der Waals surface area contributed by atoms with Gasteiger partial charge in [0, 0.05) is 29.8 Å². The van der Waals surface area contributed by atoms with Crippen molar-refractivity contribution in [1.82, 2.24) is 9.55 Å². The number of aromatic nitrogens is 2. The Labute approximate surface area is 209 Å². The highest BCUT2D eigenvalue weighted by atomic mass is 35.5. The van der Waals surface area contributed by atoms with Crippen LogP contribution in [-0.4, -0.2) is 38.2 Å². The molecule has 3 aromatic rings. The average Bonchev–Trinajstić information content (AvgIpc) is 2.73. The molecule has 3 rings (SSSR count). The Morgan fingerprint density at radius 3 is 2.22 bits per heavy atom. The van der Waals surface area contributed by atoms with E-state index in [0.29, 0.717) is 10.6 Å². The zero-order valence-electron chi connectivity index (χ0n) is 17.7. The minimum atomic E-state index is -6.20. The number of hydrogen-bond donors (Lipinski definition) is 0. The molecule has 194 valence electrons. The van der Waals surface area contributed by atoms with Crippen LogP contribution in [-0.2, 0) is 20.0 Å². The fraction of sp³-hybridized carbons (Fsp3) is 0.158. The largest absolute Gasteiger partial charge is 0.534 e. The number of alkyl halides is 3. The molecule has 0 radical (unpaired) electrons. The van der Waals surface area contributed by atoms with Crippen molar-refractivity contribution in [1.29, 1.82) is 0 Å². The highest BCUT2D eigenvalue weighted by molar-refractivity contribution is 7.90. The lowest BCUT2D eigenvalue weighted by Crippen LogP contribution is -2.30. The second kappa shape index (κ2) is 9.28. The van der Waals surface area contributed by atoms with E-state index in [0.717, 1.165) is 37.6 Å². The van der Waals surface area contributed by atoms with Gasteiger partial charge in [-0.25, -0.2) is 17.2 Å². The normalized spacial score (nSPS) is 12.6. The summed E-state index contributed by atoms with van der Waals surface area (Å²) in [6.07, 6.45) is 1.53. The first-order valence-corrected chi connectivity index (χ1v) is 13.2. The summed E-state index contributed by atoms with van der Waals surface area (Å²) in [6, 6.07) is 3.67. The minimum absolute atomic E-state index is 0.389. The number of aryl methyl sites for hydroxylation is 1. The van der Waals surface area contributed by atoms with Crippen molar-refractivity contribution in [2.75, 3.05) is 6.26 Å². The summed E-state index contributed by atoms with van der Waals surface area (Å²) >= 11 is 11.7. The maximum Gasteiger partial charge on any atom is 0.534 e. The molecule has 0 aliphatic heterocycles. The van der Waals surface area contributed by atoms with Crippen LogP contribution in [0.25, 0.3) is 16.9 Å². The van der Waals surface area contributed by atoms with Crippen LogP contribution in [0.3, 0.4) is 0 Å². The molecule has 0 unspecified atom stereocenters. The Hall–Kier alpha value is -2.75. The second-order valence-corrected chi connectivity index (χ2v) is 11.4. The summed E-state index contributed by atoms with van der Waals surface area (Å²) < 4.78 is 119. The van der Waals surface area contributed by atoms with Gasteiger partial charge in [0.25, 0.3) is 5.56 Å². The molecule has 0 N–H and O–H groups in total. The predicted octanol–water partition coefficient (Wildman–Crippen LogP) is 4.42. The third-order valence-electron chi connectivity index (χ3n) is 4.57. The van der Waals surface area contributed by atoms with Crippen LogP contribution in [0.1, 0.15) is 5.69 Å². The first kappa shape index (κ1) is 27.8. The summed E-state index contributed by atoms with van der Waals surface area (Å²) in [7, 11) is -10.3. The van der Waals surface area contributed by atoms with E-state index in [2.05, 4.69) is 9.17 Å². The molecule has 0 aliphatic carbocycles. The van der Waals surface area contributed by atoms with Crippen LogP contribution in [0.5, 0.6) is 5.75 Å². The molecule has 0 fully saturated rings. The van der Waals surface area contributed by atoms with E-state index in [4.69, 9.17) is 23.2 Å². The molecule has 2 aromatic heterocycles. The molecule has 2 heterocycles. The van der Waals surface area contributed by atoms with Gasteiger partial charge in [-0.3, -0.25) is 14.3 Å². The number of rotatable bonds is 5. The van der Waals surface area contributed by atoms with Gasteiger partial charge in [0.2, 0.25) is 0 Å². The van der Waals surface area contributed by atoms with Crippen molar-refractivity contribution >= 4 is 43.2 Å². The standard InChI is InChI=1S/C19H11Cl2F5N2O6S2/c1-8-6-11(34-36(32,33)19(24,25)26)13(21)18(29)28(8)17-10(20)7-27-16(15(17)23)9-4-3-5-12(14(9)22)35(2,30)31/h3-7H,1-2H3. The van der Waals surface area contributed by atoms with Gasteiger partial charge in [0.05, 0.1) is 5.02 Å². The van der Waals surface area contributed by atoms with Gasteiger partial charge in [0.1, 0.15) is 21.3 Å². The average molecular weight is 593 g/mol. The molecule has 0 aliphatic rings. The molecule has 0 bridgehead atoms. The lowest BCUT2D eigenvalue weighted by Gasteiger charge is -2.17. The van der Waals surface area contributed by atoms with Crippen LogP contribution < -0.4 is 9.74 Å². The zero-order chi connectivity index (χ0) is 27.4. The van der Waals surface area contributed by atoms with Gasteiger partial charge >= 0.3 is 15.6 Å². The summed E-state index contributed by atoms with van der Waals surface area (Å²) in [5.41, 5.74) is -9.81. The van der Waals surface area contributed by atoms with Crippen molar-refractivity contribution < 1.29 is 43.0 Å². The van der Waals surface area contributed by atoms with E-state index in [1.165, 1.54) is 0 Å². The first-order chi connectivity index (χ1) is 16.4. The fourth-order valence-electron chi connectivity index (χ4n) is 3.01. The van der Waals surface area contributed by atoms with Crippen molar-refractivity contribution in [3.8, 4) is 22.7 Å². The molecule has 0 saturated heterocycles. The zero-order valence-corrected chi connectivity index (χ0v) is 20.8. The third-order valence-corrected chi connectivity index (χ3v) is 7.28. The highest BCUT2D eigenvalue weighted by Gasteiger charge is 2.49. The van der Waals surface area contributed by atoms with Crippen LogP contribution in [0.15, 0.2) is 40.2 Å². The van der Waals surface area contributed by atoms with Gasteiger partial charge < -0.3 is 4.18 Å². The Balaban J connectivity index is 2.28. The maximum absolute atomic E-state index is 15.6. The number of nitrogens with zero attached hydrogens (tertiary/aromatic N) is 2. The van der Waals surface area contributed by atoms with E-state index >= 15 is 4.39 Å². The first-order valence-electron chi connectivity index (χ1n) is 9.14. The summed E-state index contributed by atoms with van der Waals surface area (Å²) in [5, 5.41) is -1.71. The number of halogens is 7. The van der Waals surface area contributed by atoms with E-state index in [1.807, 2.05) is 0 Å². The Kier molecular flexibility index (Phi) is 7.18. The molecule has 8 nitrogen and oxygen atoms in total. The quantitative estimate of drug-likeness (QED) is 0.245. The molecule has 0 atom stereocenters. The summed E-state index contributed by atoms with van der Waals surface area (Å²) in [5.74, 6) is -3.96. The van der Waals surface area contributed by atoms with Crippen molar-refractivity contribution in [2.24, 2.45) is 0 Å². The van der Waals surface area contributed by atoms with Crippen LogP contribution in [0.2, 0.25) is 10.0 Å². The monoisotopic (exact) mass is 592 g/mol. The Morgan fingerprint density at radius 2 is 1.67 bits per heavy atom. The van der Waals surface area contributed by atoms with Gasteiger partial charge in [-0.15, -0.1) is 0 Å². The van der Waals surface area contributed by atoms with Gasteiger partial charge in [-0.05, 0) is 19.1 Å². The SMILES string of the molecule is Cc1cc(OS(=O)(=O)C(F)(F)F)c(Cl)c(=O)n1-c1c(Cl)cnc(-c2cccc(S(C)(=O)=O)c2F)c1F. The molecule has 36 heavy (non-hydrogen) atoms. The van der Waals surface area contributed by atoms with Crippen LogP contribution in [0, 0.1) is 18.6 Å². The Bertz CT molecular complexity index is 1670. The Morgan fingerprint density at radius 1 is 1.06 bits per heavy atom. The minimum Gasteiger partial charge on any atom is -0.374 e. The van der Waals surface area contributed by atoms with Crippen LogP contribution in [0.4, 0.5) is 22.0 Å². The molecule has 0 saturated carbocycles. The predicted molar refractivity (Wildman–Crippen MR) is 119 cm³/mol. The van der Waals surface area contributed by atoms with Gasteiger partial charge in [-0.1, -0.05) is 29.3 Å². The van der Waals surface area contributed by atoms with E-state index in [9.17, 15) is 39.2 Å². The molecule has 17 heteroatoms. The molecule has 0 amide bonds. The highest BCUT2D eigenvalue weighted by Crippen LogP contribution is 2.35. The van der Waals surface area contributed by atoms with Crippen molar-refractivity contribution in [3.63, 3.8) is 0 Å². The molecule has 1 aromatic carbocycles. The topological polar surface area (TPSA) is 112 Å². The summed E-state index contributed by atoms with van der Waals surface area (Å²) in [4.78, 5) is 15.7. The van der Waals surface area contributed by atoms with Gasteiger partial charge in [0.15, 0.2) is 27.2 Å². The second-order valence-electron chi connectivity index (χ2n) is 7.09.